The maximum absolute atomic E-state index is 12.6. The molecule has 0 radical (unpaired) electrons. The Morgan fingerprint density at radius 2 is 1.60 bits per heavy atom. The fraction of sp³-hybridized carbons (Fsp3) is 0.391. The highest BCUT2D eigenvalue weighted by Gasteiger charge is 2.27. The van der Waals surface area contributed by atoms with Crippen LogP contribution in [0.25, 0.3) is 0 Å². The molecule has 0 saturated carbocycles. The number of benzene rings is 2. The number of ether oxygens (including phenoxy) is 1. The summed E-state index contributed by atoms with van der Waals surface area (Å²) in [6.45, 7) is 8.33. The van der Waals surface area contributed by atoms with Crippen molar-refractivity contribution in [2.45, 2.75) is 13.8 Å². The summed E-state index contributed by atoms with van der Waals surface area (Å²) in [5.41, 5.74) is 2.72. The molecule has 0 aromatic heterocycles. The first kappa shape index (κ1) is 21.5. The van der Waals surface area contributed by atoms with E-state index >= 15 is 0 Å². The molecular formula is C23H30N4O3. The van der Waals surface area contributed by atoms with Crippen molar-refractivity contribution < 1.29 is 14.3 Å². The van der Waals surface area contributed by atoms with Crippen molar-refractivity contribution in [1.29, 1.82) is 0 Å². The van der Waals surface area contributed by atoms with Gasteiger partial charge in [-0.2, -0.15) is 0 Å². The smallest absolute Gasteiger partial charge is 0.313 e. The van der Waals surface area contributed by atoms with E-state index in [-0.39, 0.29) is 0 Å². The van der Waals surface area contributed by atoms with Gasteiger partial charge < -0.3 is 24.8 Å². The van der Waals surface area contributed by atoms with E-state index in [0.717, 1.165) is 30.2 Å². The van der Waals surface area contributed by atoms with Crippen molar-refractivity contribution in [2.24, 2.45) is 0 Å². The number of anilines is 3. The number of methoxy groups -OCH3 is 1. The van der Waals surface area contributed by atoms with Gasteiger partial charge in [0, 0.05) is 50.6 Å². The van der Waals surface area contributed by atoms with Crippen molar-refractivity contribution in [3.63, 3.8) is 0 Å². The minimum atomic E-state index is -0.601. The molecule has 2 amide bonds. The molecule has 1 fully saturated rings. The first-order valence-electron chi connectivity index (χ1n) is 10.4. The van der Waals surface area contributed by atoms with E-state index in [2.05, 4.69) is 29.0 Å². The number of hydrogen-bond acceptors (Lipinski definition) is 5. The number of para-hydroxylation sites is 2. The number of nitrogens with zero attached hydrogens (tertiary/aromatic N) is 3. The van der Waals surface area contributed by atoms with E-state index < -0.39 is 11.8 Å². The summed E-state index contributed by atoms with van der Waals surface area (Å²) in [5, 5.41) is 2.72. The molecule has 1 aliphatic heterocycles. The second kappa shape index (κ2) is 10.0. The van der Waals surface area contributed by atoms with Gasteiger partial charge in [-0.25, -0.2) is 0 Å². The predicted octanol–water partition coefficient (Wildman–Crippen LogP) is 2.83. The van der Waals surface area contributed by atoms with Crippen molar-refractivity contribution in [3.05, 3.63) is 48.5 Å². The molecule has 0 unspecified atom stereocenters. The summed E-state index contributed by atoms with van der Waals surface area (Å²) in [6.07, 6.45) is 0. The maximum atomic E-state index is 12.6. The molecular weight excluding hydrogens is 380 g/mol. The Kier molecular flexibility index (Phi) is 7.17. The fourth-order valence-electron chi connectivity index (χ4n) is 3.71. The van der Waals surface area contributed by atoms with Gasteiger partial charge in [0.2, 0.25) is 0 Å². The average molecular weight is 411 g/mol. The molecule has 1 N–H and O–H groups in total. The van der Waals surface area contributed by atoms with Crippen LogP contribution in [-0.2, 0) is 9.59 Å². The molecule has 30 heavy (non-hydrogen) atoms. The Hall–Kier alpha value is -3.22. The number of hydrogen-bond donors (Lipinski definition) is 1. The first-order valence-corrected chi connectivity index (χ1v) is 10.4. The second-order valence-corrected chi connectivity index (χ2v) is 7.12. The van der Waals surface area contributed by atoms with Gasteiger partial charge in [0.05, 0.1) is 12.8 Å². The maximum Gasteiger partial charge on any atom is 0.313 e. The molecule has 7 nitrogen and oxygen atoms in total. The lowest BCUT2D eigenvalue weighted by molar-refractivity contribution is -0.143. The van der Waals surface area contributed by atoms with Gasteiger partial charge in [-0.05, 0) is 50.2 Å². The molecule has 1 heterocycles. The molecule has 160 valence electrons. The Morgan fingerprint density at radius 3 is 2.20 bits per heavy atom. The standard InChI is InChI=1S/C23H30N4O3/c1-4-25(5-2)19-12-10-18(11-13-19)24-22(28)23(29)27-16-14-26(15-17-27)20-8-6-7-9-21(20)30-3/h6-13H,4-5,14-17H2,1-3H3,(H,24,28). The van der Waals surface area contributed by atoms with Crippen LogP contribution in [0.4, 0.5) is 17.1 Å². The van der Waals surface area contributed by atoms with Crippen molar-refractivity contribution in [2.75, 3.05) is 61.5 Å². The monoisotopic (exact) mass is 410 g/mol. The van der Waals surface area contributed by atoms with Crippen molar-refractivity contribution in [1.82, 2.24) is 4.90 Å². The third kappa shape index (κ3) is 4.84. The van der Waals surface area contributed by atoms with E-state index in [1.54, 1.807) is 12.0 Å². The number of nitrogens with one attached hydrogen (secondary N) is 1. The van der Waals surface area contributed by atoms with E-state index in [1.165, 1.54) is 0 Å². The minimum absolute atomic E-state index is 0.491. The molecule has 0 bridgehead atoms. The number of carbonyl (C=O) groups excluding carboxylic acids is 2. The van der Waals surface area contributed by atoms with Crippen LogP contribution < -0.4 is 19.9 Å². The van der Waals surface area contributed by atoms with Gasteiger partial charge in [-0.1, -0.05) is 12.1 Å². The highest BCUT2D eigenvalue weighted by atomic mass is 16.5. The lowest BCUT2D eigenvalue weighted by Gasteiger charge is -2.36. The van der Waals surface area contributed by atoms with Crippen LogP contribution >= 0.6 is 0 Å². The Bertz CT molecular complexity index is 857. The van der Waals surface area contributed by atoms with Crippen LogP contribution in [0.15, 0.2) is 48.5 Å². The lowest BCUT2D eigenvalue weighted by atomic mass is 10.2. The third-order valence-corrected chi connectivity index (χ3v) is 5.44. The van der Waals surface area contributed by atoms with Gasteiger partial charge in [-0.15, -0.1) is 0 Å². The lowest BCUT2D eigenvalue weighted by Crippen LogP contribution is -2.51. The summed E-state index contributed by atoms with van der Waals surface area (Å²) in [7, 11) is 1.65. The van der Waals surface area contributed by atoms with Gasteiger partial charge in [0.1, 0.15) is 5.75 Å². The average Bonchev–Trinajstić information content (AvgIpc) is 2.80. The van der Waals surface area contributed by atoms with Gasteiger partial charge >= 0.3 is 11.8 Å². The summed E-state index contributed by atoms with van der Waals surface area (Å²) >= 11 is 0. The number of rotatable bonds is 6. The zero-order chi connectivity index (χ0) is 21.5. The highest BCUT2D eigenvalue weighted by Crippen LogP contribution is 2.28. The molecule has 2 aromatic carbocycles. The largest absolute Gasteiger partial charge is 0.495 e. The Labute approximate surface area is 178 Å². The van der Waals surface area contributed by atoms with Gasteiger partial charge in [0.15, 0.2) is 0 Å². The van der Waals surface area contributed by atoms with Crippen LogP contribution in [0.1, 0.15) is 13.8 Å². The van der Waals surface area contributed by atoms with Crippen molar-refractivity contribution in [3.8, 4) is 5.75 Å². The highest BCUT2D eigenvalue weighted by molar-refractivity contribution is 6.39. The normalized spacial score (nSPS) is 13.7. The topological polar surface area (TPSA) is 65.1 Å². The molecule has 1 saturated heterocycles. The molecule has 0 atom stereocenters. The zero-order valence-electron chi connectivity index (χ0n) is 17.9. The second-order valence-electron chi connectivity index (χ2n) is 7.12. The van der Waals surface area contributed by atoms with Crippen LogP contribution in [0, 0.1) is 0 Å². The zero-order valence-corrected chi connectivity index (χ0v) is 17.9. The number of carbonyl (C=O) groups is 2. The summed E-state index contributed by atoms with van der Waals surface area (Å²) in [6, 6.07) is 15.4. The molecule has 7 heteroatoms. The SMILES string of the molecule is CCN(CC)c1ccc(NC(=O)C(=O)N2CCN(c3ccccc3OC)CC2)cc1. The summed E-state index contributed by atoms with van der Waals surface area (Å²) < 4.78 is 5.43. The van der Waals surface area contributed by atoms with Crippen LogP contribution in [0.3, 0.4) is 0 Å². The van der Waals surface area contributed by atoms with Crippen LogP contribution in [-0.4, -0.2) is 63.1 Å². The molecule has 0 aliphatic carbocycles. The van der Waals surface area contributed by atoms with E-state index in [4.69, 9.17) is 4.74 Å². The van der Waals surface area contributed by atoms with Gasteiger partial charge in [0.25, 0.3) is 0 Å². The number of piperazine rings is 1. The predicted molar refractivity (Wildman–Crippen MR) is 120 cm³/mol. The number of amides is 2. The summed E-state index contributed by atoms with van der Waals surface area (Å²) in [5.74, 6) is -0.290. The fourth-order valence-corrected chi connectivity index (χ4v) is 3.71. The van der Waals surface area contributed by atoms with Crippen LogP contribution in [0.5, 0.6) is 5.75 Å². The molecule has 2 aromatic rings. The first-order chi connectivity index (χ1) is 14.6. The van der Waals surface area contributed by atoms with Crippen molar-refractivity contribution >= 4 is 28.9 Å². The quantitative estimate of drug-likeness (QED) is 0.742. The van der Waals surface area contributed by atoms with E-state index in [1.807, 2.05) is 48.5 Å². The minimum Gasteiger partial charge on any atom is -0.495 e. The Morgan fingerprint density at radius 1 is 0.967 bits per heavy atom. The molecule has 1 aliphatic rings. The molecule has 3 rings (SSSR count). The van der Waals surface area contributed by atoms with E-state index in [0.29, 0.717) is 31.9 Å². The van der Waals surface area contributed by atoms with Gasteiger partial charge in [-0.3, -0.25) is 9.59 Å². The third-order valence-electron chi connectivity index (χ3n) is 5.44. The van der Waals surface area contributed by atoms with E-state index in [9.17, 15) is 9.59 Å². The Balaban J connectivity index is 1.55. The summed E-state index contributed by atoms with van der Waals surface area (Å²) in [4.78, 5) is 31.0. The van der Waals surface area contributed by atoms with Crippen LogP contribution in [0.2, 0.25) is 0 Å². The molecule has 0 spiro atoms.